The minimum Gasteiger partial charge on any atom is -0.467 e. The molecule has 20 heavy (non-hydrogen) atoms. The second-order valence-electron chi connectivity index (χ2n) is 5.15. The van der Waals surface area contributed by atoms with Crippen LogP contribution in [0.3, 0.4) is 0 Å². The highest BCUT2D eigenvalue weighted by molar-refractivity contribution is 5.99. The number of benzene rings is 1. The highest BCUT2D eigenvalue weighted by Gasteiger charge is 2.40. The maximum absolute atomic E-state index is 12.7. The Morgan fingerprint density at radius 3 is 2.45 bits per heavy atom. The van der Waals surface area contributed by atoms with Crippen molar-refractivity contribution in [1.82, 2.24) is 4.90 Å². The predicted molar refractivity (Wildman–Crippen MR) is 73.4 cm³/mol. The SMILES string of the molecule is COC(=O)C1CC(O)CN1C(=O)c1c(C)cccc1C. The summed E-state index contributed by atoms with van der Waals surface area (Å²) in [5.74, 6) is -0.714. The van der Waals surface area contributed by atoms with Gasteiger partial charge in [-0.3, -0.25) is 4.79 Å². The number of β-amino-alcohol motifs (C(OH)–C–C–N with tert-alkyl or cyclic N) is 1. The molecule has 1 aromatic carbocycles. The molecular weight excluding hydrogens is 258 g/mol. The number of carbonyl (C=O) groups is 2. The van der Waals surface area contributed by atoms with Crippen LogP contribution in [0.4, 0.5) is 0 Å². The Morgan fingerprint density at radius 1 is 1.30 bits per heavy atom. The van der Waals surface area contributed by atoms with E-state index in [4.69, 9.17) is 4.74 Å². The third-order valence-electron chi connectivity index (χ3n) is 3.71. The third kappa shape index (κ3) is 2.54. The molecule has 2 rings (SSSR count). The predicted octanol–water partition coefficient (Wildman–Crippen LogP) is 1.05. The zero-order chi connectivity index (χ0) is 14.9. The lowest BCUT2D eigenvalue weighted by Gasteiger charge is -2.24. The first kappa shape index (κ1) is 14.5. The maximum atomic E-state index is 12.7. The molecule has 1 fully saturated rings. The van der Waals surface area contributed by atoms with Gasteiger partial charge in [-0.1, -0.05) is 18.2 Å². The van der Waals surface area contributed by atoms with Crippen LogP contribution in [0.1, 0.15) is 27.9 Å². The molecule has 0 saturated carbocycles. The first-order chi connectivity index (χ1) is 9.45. The molecule has 0 radical (unpaired) electrons. The van der Waals surface area contributed by atoms with Gasteiger partial charge in [0.1, 0.15) is 6.04 Å². The van der Waals surface area contributed by atoms with Crippen LogP contribution in [-0.4, -0.2) is 47.7 Å². The Bertz CT molecular complexity index is 520. The summed E-state index contributed by atoms with van der Waals surface area (Å²) in [5.41, 5.74) is 2.32. The van der Waals surface area contributed by atoms with Crippen molar-refractivity contribution in [3.05, 3.63) is 34.9 Å². The van der Waals surface area contributed by atoms with E-state index in [0.29, 0.717) is 5.56 Å². The van der Waals surface area contributed by atoms with Crippen molar-refractivity contribution in [3.8, 4) is 0 Å². The summed E-state index contributed by atoms with van der Waals surface area (Å²) in [6, 6.07) is 4.90. The summed E-state index contributed by atoms with van der Waals surface area (Å²) in [6.45, 7) is 3.88. The second-order valence-corrected chi connectivity index (χ2v) is 5.15. The highest BCUT2D eigenvalue weighted by atomic mass is 16.5. The fourth-order valence-electron chi connectivity index (χ4n) is 2.69. The molecule has 2 atom stereocenters. The van der Waals surface area contributed by atoms with E-state index in [2.05, 4.69) is 0 Å². The standard InChI is InChI=1S/C15H19NO4/c1-9-5-4-6-10(2)13(9)14(18)16-8-11(17)7-12(16)15(19)20-3/h4-6,11-12,17H,7-8H2,1-3H3. The summed E-state index contributed by atoms with van der Waals surface area (Å²) in [5, 5.41) is 9.75. The quantitative estimate of drug-likeness (QED) is 0.821. The molecule has 0 spiro atoms. The van der Waals surface area contributed by atoms with E-state index >= 15 is 0 Å². The Balaban J connectivity index is 2.34. The van der Waals surface area contributed by atoms with Crippen molar-refractivity contribution in [2.75, 3.05) is 13.7 Å². The smallest absolute Gasteiger partial charge is 0.328 e. The molecule has 2 unspecified atom stereocenters. The number of ether oxygens (including phenoxy) is 1. The molecule has 5 heteroatoms. The number of carbonyl (C=O) groups excluding carboxylic acids is 2. The number of rotatable bonds is 2. The first-order valence-electron chi connectivity index (χ1n) is 6.58. The zero-order valence-electron chi connectivity index (χ0n) is 11.9. The summed E-state index contributed by atoms with van der Waals surface area (Å²) in [4.78, 5) is 25.8. The van der Waals surface area contributed by atoms with Crippen LogP contribution < -0.4 is 0 Å². The number of aliphatic hydroxyl groups is 1. The number of likely N-dealkylation sites (tertiary alicyclic amines) is 1. The molecule has 1 heterocycles. The zero-order valence-corrected chi connectivity index (χ0v) is 11.9. The lowest BCUT2D eigenvalue weighted by molar-refractivity contribution is -0.145. The van der Waals surface area contributed by atoms with E-state index < -0.39 is 18.1 Å². The normalized spacial score (nSPS) is 21.9. The van der Waals surface area contributed by atoms with Crippen LogP contribution >= 0.6 is 0 Å². The topological polar surface area (TPSA) is 66.8 Å². The molecule has 1 saturated heterocycles. The lowest BCUT2D eigenvalue weighted by atomic mass is 10.0. The molecular formula is C15H19NO4. The molecule has 1 aromatic rings. The molecule has 0 bridgehead atoms. The number of hydrogen-bond donors (Lipinski definition) is 1. The number of hydrogen-bond acceptors (Lipinski definition) is 4. The molecule has 1 N–H and O–H groups in total. The van der Waals surface area contributed by atoms with Crippen LogP contribution in [0.15, 0.2) is 18.2 Å². The van der Waals surface area contributed by atoms with Crippen LogP contribution in [0.5, 0.6) is 0 Å². The largest absolute Gasteiger partial charge is 0.467 e. The monoisotopic (exact) mass is 277 g/mol. The van der Waals surface area contributed by atoms with Crippen LogP contribution in [0, 0.1) is 13.8 Å². The average molecular weight is 277 g/mol. The molecule has 108 valence electrons. The Hall–Kier alpha value is -1.88. The average Bonchev–Trinajstić information content (AvgIpc) is 2.79. The Kier molecular flexibility index (Phi) is 4.09. The van der Waals surface area contributed by atoms with Crippen molar-refractivity contribution in [2.45, 2.75) is 32.4 Å². The molecule has 1 aliphatic heterocycles. The molecule has 0 aromatic heterocycles. The molecule has 0 aliphatic carbocycles. The van der Waals surface area contributed by atoms with Gasteiger partial charge >= 0.3 is 5.97 Å². The summed E-state index contributed by atoms with van der Waals surface area (Å²) < 4.78 is 4.72. The van der Waals surface area contributed by atoms with Gasteiger partial charge in [-0.05, 0) is 25.0 Å². The van der Waals surface area contributed by atoms with E-state index in [1.165, 1.54) is 12.0 Å². The van der Waals surface area contributed by atoms with Crippen molar-refractivity contribution < 1.29 is 19.4 Å². The second kappa shape index (κ2) is 5.63. The van der Waals surface area contributed by atoms with Gasteiger partial charge in [-0.25, -0.2) is 4.79 Å². The van der Waals surface area contributed by atoms with Gasteiger partial charge in [-0.15, -0.1) is 0 Å². The van der Waals surface area contributed by atoms with Crippen LogP contribution in [-0.2, 0) is 9.53 Å². The number of nitrogens with zero attached hydrogens (tertiary/aromatic N) is 1. The van der Waals surface area contributed by atoms with Gasteiger partial charge < -0.3 is 14.7 Å². The minimum atomic E-state index is -0.707. The van der Waals surface area contributed by atoms with Gasteiger partial charge in [0.05, 0.1) is 13.2 Å². The van der Waals surface area contributed by atoms with E-state index in [1.807, 2.05) is 32.0 Å². The van der Waals surface area contributed by atoms with E-state index in [1.54, 1.807) is 0 Å². The summed E-state index contributed by atoms with van der Waals surface area (Å²) in [7, 11) is 1.29. The molecule has 5 nitrogen and oxygen atoms in total. The highest BCUT2D eigenvalue weighted by Crippen LogP contribution is 2.24. The number of aryl methyl sites for hydroxylation is 2. The van der Waals surface area contributed by atoms with Crippen LogP contribution in [0.25, 0.3) is 0 Å². The van der Waals surface area contributed by atoms with Gasteiger partial charge in [-0.2, -0.15) is 0 Å². The fourth-order valence-corrected chi connectivity index (χ4v) is 2.69. The van der Waals surface area contributed by atoms with E-state index in [9.17, 15) is 14.7 Å². The van der Waals surface area contributed by atoms with E-state index in [-0.39, 0.29) is 18.9 Å². The number of aliphatic hydroxyl groups excluding tert-OH is 1. The van der Waals surface area contributed by atoms with Gasteiger partial charge in [0.25, 0.3) is 5.91 Å². The summed E-state index contributed by atoms with van der Waals surface area (Å²) in [6.07, 6.45) is -0.462. The van der Waals surface area contributed by atoms with Crippen molar-refractivity contribution in [2.24, 2.45) is 0 Å². The Morgan fingerprint density at radius 2 is 1.90 bits per heavy atom. The van der Waals surface area contributed by atoms with Gasteiger partial charge in [0, 0.05) is 18.5 Å². The van der Waals surface area contributed by atoms with E-state index in [0.717, 1.165) is 11.1 Å². The summed E-state index contributed by atoms with van der Waals surface area (Å²) >= 11 is 0. The molecule has 1 amide bonds. The fraction of sp³-hybridized carbons (Fsp3) is 0.467. The number of amides is 1. The van der Waals surface area contributed by atoms with Gasteiger partial charge in [0.15, 0.2) is 0 Å². The van der Waals surface area contributed by atoms with Crippen LogP contribution in [0.2, 0.25) is 0 Å². The minimum absolute atomic E-state index is 0.159. The number of esters is 1. The van der Waals surface area contributed by atoms with Crippen molar-refractivity contribution in [1.29, 1.82) is 0 Å². The first-order valence-corrected chi connectivity index (χ1v) is 6.58. The Labute approximate surface area is 118 Å². The van der Waals surface area contributed by atoms with Crippen molar-refractivity contribution >= 4 is 11.9 Å². The lowest BCUT2D eigenvalue weighted by Crippen LogP contribution is -2.41. The molecule has 1 aliphatic rings. The van der Waals surface area contributed by atoms with Gasteiger partial charge in [0.2, 0.25) is 0 Å². The number of methoxy groups -OCH3 is 1. The maximum Gasteiger partial charge on any atom is 0.328 e. The van der Waals surface area contributed by atoms with Crippen molar-refractivity contribution in [3.63, 3.8) is 0 Å². The third-order valence-corrected chi connectivity index (χ3v) is 3.71.